The van der Waals surface area contributed by atoms with Crippen LogP contribution in [0.4, 0.5) is 0 Å². The average molecular weight is 568 g/mol. The highest BCUT2D eigenvalue weighted by molar-refractivity contribution is 5.75. The van der Waals surface area contributed by atoms with Gasteiger partial charge in [-0.2, -0.15) is 5.10 Å². The Labute approximate surface area is 250 Å². The number of carbonyl (C=O) groups is 1. The van der Waals surface area contributed by atoms with Crippen LogP contribution in [0.5, 0.6) is 5.88 Å². The van der Waals surface area contributed by atoms with E-state index in [1.807, 2.05) is 4.68 Å². The van der Waals surface area contributed by atoms with Gasteiger partial charge in [-0.15, -0.1) is 0 Å². The fourth-order valence-corrected chi connectivity index (χ4v) is 5.73. The van der Waals surface area contributed by atoms with Crippen LogP contribution in [0, 0.1) is 5.92 Å². The van der Waals surface area contributed by atoms with Gasteiger partial charge in [0.05, 0.1) is 24.6 Å². The molecule has 0 N–H and O–H groups in total. The first-order valence-electron chi connectivity index (χ1n) is 16.5. The maximum Gasteiger partial charge on any atom is 0.216 e. The number of carbonyl (C=O) groups excluding carboxylic acids is 1. The predicted octanol–water partition coefficient (Wildman–Crippen LogP) is 8.16. The minimum absolute atomic E-state index is 0.327. The van der Waals surface area contributed by atoms with E-state index >= 15 is 0 Å². The van der Waals surface area contributed by atoms with E-state index in [9.17, 15) is 4.79 Å². The number of morpholine rings is 1. The summed E-state index contributed by atoms with van der Waals surface area (Å²) in [5.41, 5.74) is 3.52. The Kier molecular flexibility index (Phi) is 15.5. The maximum absolute atomic E-state index is 11.2. The molecule has 1 aliphatic rings. The van der Waals surface area contributed by atoms with Crippen LogP contribution < -0.4 is 4.74 Å². The molecule has 1 atom stereocenters. The summed E-state index contributed by atoms with van der Waals surface area (Å²) in [4.78, 5) is 13.6. The van der Waals surface area contributed by atoms with Crippen molar-refractivity contribution in [3.05, 3.63) is 41.6 Å². The lowest BCUT2D eigenvalue weighted by Crippen LogP contribution is -2.38. The van der Waals surface area contributed by atoms with Gasteiger partial charge in [-0.1, -0.05) is 97.1 Å². The Hall–Kier alpha value is -2.18. The van der Waals surface area contributed by atoms with Gasteiger partial charge in [0, 0.05) is 32.1 Å². The van der Waals surface area contributed by atoms with E-state index in [2.05, 4.69) is 56.0 Å². The molecule has 6 nitrogen and oxygen atoms in total. The van der Waals surface area contributed by atoms with E-state index in [4.69, 9.17) is 14.6 Å². The molecular formula is C35H57N3O3. The highest BCUT2D eigenvalue weighted by Gasteiger charge is 2.14. The standard InChI is InChI=1S/C35H57N3O3/c1-29(2)32-17-19-34(20-18-32)38-35(41-26-23-37-21-24-40-25-22-37)28-33(36-38)16-14-12-10-8-6-5-7-9-11-13-15-30(3)27-31(4)39/h17-20,28-30H,5-16,21-27H2,1-4H3. The fraction of sp³-hybridized carbons (Fsp3) is 0.714. The minimum atomic E-state index is 0.327. The quantitative estimate of drug-likeness (QED) is 0.142. The van der Waals surface area contributed by atoms with Crippen molar-refractivity contribution in [2.75, 3.05) is 39.5 Å². The molecule has 41 heavy (non-hydrogen) atoms. The summed E-state index contributed by atoms with van der Waals surface area (Å²) >= 11 is 0. The average Bonchev–Trinajstić information content (AvgIpc) is 3.36. The first-order chi connectivity index (χ1) is 19.9. The number of hydrogen-bond acceptors (Lipinski definition) is 5. The number of ketones is 1. The summed E-state index contributed by atoms with van der Waals surface area (Å²) in [7, 11) is 0. The molecule has 2 heterocycles. The lowest BCUT2D eigenvalue weighted by molar-refractivity contribution is -0.117. The van der Waals surface area contributed by atoms with Crippen LogP contribution in [0.3, 0.4) is 0 Å². The second kappa shape index (κ2) is 19.1. The lowest BCUT2D eigenvalue weighted by atomic mass is 9.97. The number of hydrogen-bond donors (Lipinski definition) is 0. The van der Waals surface area contributed by atoms with Gasteiger partial charge in [0.2, 0.25) is 5.88 Å². The van der Waals surface area contributed by atoms with Gasteiger partial charge in [-0.25, -0.2) is 4.68 Å². The normalized spacial score (nSPS) is 15.0. The van der Waals surface area contributed by atoms with E-state index in [-0.39, 0.29) is 0 Å². The maximum atomic E-state index is 11.2. The van der Waals surface area contributed by atoms with E-state index in [1.54, 1.807) is 6.92 Å². The molecule has 1 aromatic carbocycles. The van der Waals surface area contributed by atoms with Crippen LogP contribution >= 0.6 is 0 Å². The Morgan fingerprint density at radius 3 is 2.12 bits per heavy atom. The monoisotopic (exact) mass is 567 g/mol. The van der Waals surface area contributed by atoms with E-state index in [1.165, 1.54) is 76.2 Å². The second-order valence-electron chi connectivity index (χ2n) is 12.5. The van der Waals surface area contributed by atoms with Crippen LogP contribution in [-0.4, -0.2) is 59.9 Å². The molecular weight excluding hydrogens is 510 g/mol. The molecule has 1 fully saturated rings. The van der Waals surface area contributed by atoms with Crippen LogP contribution in [0.25, 0.3) is 5.69 Å². The third-order valence-electron chi connectivity index (χ3n) is 8.31. The van der Waals surface area contributed by atoms with Crippen molar-refractivity contribution in [2.45, 2.75) is 117 Å². The largest absolute Gasteiger partial charge is 0.476 e. The van der Waals surface area contributed by atoms with Crippen molar-refractivity contribution in [2.24, 2.45) is 5.92 Å². The molecule has 0 bridgehead atoms. The van der Waals surface area contributed by atoms with Crippen LogP contribution in [0.1, 0.15) is 122 Å². The lowest BCUT2D eigenvalue weighted by Gasteiger charge is -2.26. The first-order valence-corrected chi connectivity index (χ1v) is 16.5. The molecule has 230 valence electrons. The molecule has 0 amide bonds. The zero-order valence-electron chi connectivity index (χ0n) is 26.5. The number of aromatic nitrogens is 2. The topological polar surface area (TPSA) is 56.6 Å². The predicted molar refractivity (Wildman–Crippen MR) is 169 cm³/mol. The highest BCUT2D eigenvalue weighted by Crippen LogP contribution is 2.24. The molecule has 6 heteroatoms. The summed E-state index contributed by atoms with van der Waals surface area (Å²) < 4.78 is 13.8. The Bertz CT molecular complexity index is 979. The van der Waals surface area contributed by atoms with E-state index in [0.717, 1.165) is 63.0 Å². The molecule has 1 unspecified atom stereocenters. The number of Topliss-reactive ketones (excluding diaryl/α,β-unsaturated/α-hetero) is 1. The Balaban J connectivity index is 1.35. The van der Waals surface area contributed by atoms with Crippen molar-refractivity contribution in [1.82, 2.24) is 14.7 Å². The Morgan fingerprint density at radius 1 is 0.902 bits per heavy atom. The first kappa shape index (κ1) is 33.3. The van der Waals surface area contributed by atoms with Gasteiger partial charge < -0.3 is 14.3 Å². The van der Waals surface area contributed by atoms with E-state index < -0.39 is 0 Å². The third-order valence-corrected chi connectivity index (χ3v) is 8.31. The van der Waals surface area contributed by atoms with Gasteiger partial charge in [0.15, 0.2) is 0 Å². The van der Waals surface area contributed by atoms with E-state index in [0.29, 0.717) is 24.2 Å². The molecule has 1 aliphatic heterocycles. The van der Waals surface area contributed by atoms with Gasteiger partial charge in [-0.05, 0) is 49.3 Å². The van der Waals surface area contributed by atoms with Crippen molar-refractivity contribution < 1.29 is 14.3 Å². The molecule has 1 aromatic heterocycles. The molecule has 3 rings (SSSR count). The molecule has 1 saturated heterocycles. The van der Waals surface area contributed by atoms with Crippen LogP contribution in [-0.2, 0) is 16.0 Å². The SMILES string of the molecule is CC(=O)CC(C)CCCCCCCCCCCCc1cc(OCCN2CCOCC2)n(-c2ccc(C(C)C)cc2)n1. The number of nitrogens with zero attached hydrogens (tertiary/aromatic N) is 3. The summed E-state index contributed by atoms with van der Waals surface area (Å²) in [5.74, 6) is 2.24. The van der Waals surface area contributed by atoms with Gasteiger partial charge in [-0.3, -0.25) is 4.90 Å². The highest BCUT2D eigenvalue weighted by atomic mass is 16.5. The minimum Gasteiger partial charge on any atom is -0.476 e. The van der Waals surface area contributed by atoms with Crippen LogP contribution in [0.15, 0.2) is 30.3 Å². The fourth-order valence-electron chi connectivity index (χ4n) is 5.73. The number of aryl methyl sites for hydroxylation is 1. The molecule has 0 radical (unpaired) electrons. The van der Waals surface area contributed by atoms with Gasteiger partial charge in [0.1, 0.15) is 12.4 Å². The second-order valence-corrected chi connectivity index (χ2v) is 12.5. The van der Waals surface area contributed by atoms with Gasteiger partial charge >= 0.3 is 0 Å². The molecule has 0 saturated carbocycles. The zero-order valence-corrected chi connectivity index (χ0v) is 26.5. The van der Waals surface area contributed by atoms with Crippen molar-refractivity contribution in [3.63, 3.8) is 0 Å². The number of rotatable bonds is 21. The van der Waals surface area contributed by atoms with Crippen LogP contribution in [0.2, 0.25) is 0 Å². The smallest absolute Gasteiger partial charge is 0.216 e. The number of ether oxygens (including phenoxy) is 2. The van der Waals surface area contributed by atoms with Gasteiger partial charge in [0.25, 0.3) is 0 Å². The number of benzene rings is 1. The molecule has 0 spiro atoms. The Morgan fingerprint density at radius 2 is 1.51 bits per heavy atom. The summed E-state index contributed by atoms with van der Waals surface area (Å²) in [6, 6.07) is 10.9. The third kappa shape index (κ3) is 13.1. The summed E-state index contributed by atoms with van der Waals surface area (Å²) in [5, 5.41) is 4.97. The van der Waals surface area contributed by atoms with Crippen molar-refractivity contribution in [1.29, 1.82) is 0 Å². The summed E-state index contributed by atoms with van der Waals surface area (Å²) in [6.45, 7) is 13.5. The van der Waals surface area contributed by atoms with Crippen molar-refractivity contribution >= 4 is 5.78 Å². The molecule has 2 aromatic rings. The van der Waals surface area contributed by atoms with Crippen molar-refractivity contribution in [3.8, 4) is 11.6 Å². The summed E-state index contributed by atoms with van der Waals surface area (Å²) in [6.07, 6.45) is 16.0. The molecule has 0 aliphatic carbocycles. The number of unbranched alkanes of at least 4 members (excludes halogenated alkanes) is 9. The zero-order chi connectivity index (χ0) is 29.3.